The number of hydrogen-bond donors (Lipinski definition) is 0. The van der Waals surface area contributed by atoms with Crippen molar-refractivity contribution in [1.82, 2.24) is 9.80 Å². The van der Waals surface area contributed by atoms with Gasteiger partial charge in [0.05, 0.1) is 5.69 Å². The van der Waals surface area contributed by atoms with E-state index in [1.54, 1.807) is 4.42 Å². The van der Waals surface area contributed by atoms with Crippen molar-refractivity contribution in [1.29, 1.82) is 0 Å². The second-order valence-electron chi connectivity index (χ2n) is 6.53. The summed E-state index contributed by atoms with van der Waals surface area (Å²) in [6.07, 6.45) is 2.59. The molecule has 1 heterocycles. The zero-order valence-corrected chi connectivity index (χ0v) is 15.9. The highest BCUT2D eigenvalue weighted by atomic mass is 35.5. The van der Waals surface area contributed by atoms with E-state index in [9.17, 15) is 4.79 Å². The standard InChI is InChI=1S/C19H30ClN3O/c1-4-22(5-2)14-13-21(3)19(24)15-16-9-8-12-23(20)18-11-7-6-10-17(16)18/h6-7,10-11,16H,4-5,8-9,12-15H2,1-3H3. The molecular weight excluding hydrogens is 322 g/mol. The fourth-order valence-corrected chi connectivity index (χ4v) is 3.61. The second-order valence-corrected chi connectivity index (χ2v) is 6.94. The Morgan fingerprint density at radius 2 is 1.96 bits per heavy atom. The van der Waals surface area contributed by atoms with Crippen LogP contribution in [0.1, 0.15) is 44.6 Å². The number of likely N-dealkylation sites (N-methyl/N-ethyl adjacent to an activating group) is 2. The van der Waals surface area contributed by atoms with Crippen LogP contribution in [0.5, 0.6) is 0 Å². The van der Waals surface area contributed by atoms with Crippen molar-refractivity contribution in [3.05, 3.63) is 29.8 Å². The van der Waals surface area contributed by atoms with Gasteiger partial charge < -0.3 is 9.80 Å². The van der Waals surface area contributed by atoms with Crippen molar-refractivity contribution in [3.63, 3.8) is 0 Å². The first kappa shape index (κ1) is 19.1. The Bertz CT molecular complexity index is 533. The number of carbonyl (C=O) groups excluding carboxylic acids is 1. The average molecular weight is 352 g/mol. The molecule has 1 atom stereocenters. The molecular formula is C19H30ClN3O. The van der Waals surface area contributed by atoms with Crippen molar-refractivity contribution >= 4 is 23.4 Å². The summed E-state index contributed by atoms with van der Waals surface area (Å²) in [5, 5.41) is 0. The van der Waals surface area contributed by atoms with E-state index in [4.69, 9.17) is 11.8 Å². The third-order valence-electron chi connectivity index (χ3n) is 5.04. The highest BCUT2D eigenvalue weighted by molar-refractivity contribution is 6.25. The van der Waals surface area contributed by atoms with E-state index in [2.05, 4.69) is 30.9 Å². The molecule has 0 saturated heterocycles. The highest BCUT2D eigenvalue weighted by Gasteiger charge is 2.25. The maximum Gasteiger partial charge on any atom is 0.222 e. The van der Waals surface area contributed by atoms with Gasteiger partial charge in [0, 0.05) is 44.9 Å². The molecule has 1 aliphatic rings. The van der Waals surface area contributed by atoms with Crippen molar-refractivity contribution in [2.75, 3.05) is 44.2 Å². The molecule has 0 saturated carbocycles. The zero-order valence-electron chi connectivity index (χ0n) is 15.2. The lowest BCUT2D eigenvalue weighted by Crippen LogP contribution is -2.36. The number of carbonyl (C=O) groups is 1. The van der Waals surface area contributed by atoms with Crippen LogP contribution in [0.25, 0.3) is 0 Å². The maximum absolute atomic E-state index is 12.7. The minimum Gasteiger partial charge on any atom is -0.344 e. The van der Waals surface area contributed by atoms with E-state index in [1.165, 1.54) is 5.56 Å². The molecule has 0 N–H and O–H groups in total. The monoisotopic (exact) mass is 351 g/mol. The predicted molar refractivity (Wildman–Crippen MR) is 102 cm³/mol. The zero-order chi connectivity index (χ0) is 17.5. The summed E-state index contributed by atoms with van der Waals surface area (Å²) in [4.78, 5) is 16.9. The molecule has 5 heteroatoms. The fraction of sp³-hybridized carbons (Fsp3) is 0.632. The molecule has 1 aromatic carbocycles. The lowest BCUT2D eigenvalue weighted by atomic mass is 9.90. The molecule has 0 radical (unpaired) electrons. The number of rotatable bonds is 7. The summed E-state index contributed by atoms with van der Waals surface area (Å²) in [7, 11) is 1.92. The number of hydrogen-bond acceptors (Lipinski definition) is 3. The van der Waals surface area contributed by atoms with Gasteiger partial charge >= 0.3 is 0 Å². The van der Waals surface area contributed by atoms with Crippen LogP contribution in [-0.4, -0.2) is 55.5 Å². The Labute approximate surface area is 151 Å². The smallest absolute Gasteiger partial charge is 0.222 e. The minimum atomic E-state index is 0.227. The summed E-state index contributed by atoms with van der Waals surface area (Å²) in [5.74, 6) is 0.485. The van der Waals surface area contributed by atoms with Gasteiger partial charge in [-0.1, -0.05) is 32.0 Å². The van der Waals surface area contributed by atoms with Gasteiger partial charge in [0.25, 0.3) is 0 Å². The Hall–Kier alpha value is -1.26. The van der Waals surface area contributed by atoms with Gasteiger partial charge in [-0.05, 0) is 43.5 Å². The molecule has 4 nitrogen and oxygen atoms in total. The van der Waals surface area contributed by atoms with Crippen LogP contribution in [0, 0.1) is 0 Å². The van der Waals surface area contributed by atoms with Crippen LogP contribution in [0.15, 0.2) is 24.3 Å². The number of anilines is 1. The Kier molecular flexibility index (Phi) is 7.38. The van der Waals surface area contributed by atoms with Crippen LogP contribution in [0.3, 0.4) is 0 Å². The van der Waals surface area contributed by atoms with Gasteiger partial charge in [-0.2, -0.15) is 0 Å². The topological polar surface area (TPSA) is 26.8 Å². The predicted octanol–water partition coefficient (Wildman–Crippen LogP) is 3.71. The molecule has 0 fully saturated rings. The second kappa shape index (κ2) is 9.28. The molecule has 1 amide bonds. The summed E-state index contributed by atoms with van der Waals surface area (Å²) < 4.78 is 1.80. The van der Waals surface area contributed by atoms with E-state index in [0.29, 0.717) is 6.42 Å². The van der Waals surface area contributed by atoms with Crippen molar-refractivity contribution < 1.29 is 4.79 Å². The van der Waals surface area contributed by atoms with Crippen LogP contribution >= 0.6 is 11.8 Å². The molecule has 0 bridgehead atoms. The quantitative estimate of drug-likeness (QED) is 0.700. The lowest BCUT2D eigenvalue weighted by molar-refractivity contribution is -0.130. The van der Waals surface area contributed by atoms with Gasteiger partial charge in [-0.15, -0.1) is 0 Å². The molecule has 1 aliphatic heterocycles. The number of para-hydroxylation sites is 1. The summed E-state index contributed by atoms with van der Waals surface area (Å²) in [6, 6.07) is 8.21. The molecule has 1 unspecified atom stereocenters. The van der Waals surface area contributed by atoms with Crippen molar-refractivity contribution in [2.24, 2.45) is 0 Å². The van der Waals surface area contributed by atoms with Gasteiger partial charge in [0.15, 0.2) is 0 Å². The van der Waals surface area contributed by atoms with Crippen molar-refractivity contribution in [3.8, 4) is 0 Å². The first-order valence-corrected chi connectivity index (χ1v) is 9.39. The van der Waals surface area contributed by atoms with Crippen LogP contribution in [0.4, 0.5) is 5.69 Å². The number of halogens is 1. The summed E-state index contributed by atoms with van der Waals surface area (Å²) in [6.45, 7) is 8.93. The molecule has 2 rings (SSSR count). The normalized spacial score (nSPS) is 17.5. The third-order valence-corrected chi connectivity index (χ3v) is 5.39. The Balaban J connectivity index is 1.99. The SMILES string of the molecule is CCN(CC)CCN(C)C(=O)CC1CCCN(Cl)c2ccccc21. The molecule has 1 aromatic rings. The Morgan fingerprint density at radius 3 is 2.67 bits per heavy atom. The molecule has 24 heavy (non-hydrogen) atoms. The van der Waals surface area contributed by atoms with E-state index < -0.39 is 0 Å². The minimum absolute atomic E-state index is 0.227. The van der Waals surface area contributed by atoms with Gasteiger partial charge in [-0.3, -0.25) is 9.21 Å². The van der Waals surface area contributed by atoms with Gasteiger partial charge in [0.2, 0.25) is 5.91 Å². The number of benzene rings is 1. The molecule has 0 aliphatic carbocycles. The van der Waals surface area contributed by atoms with Gasteiger partial charge in [0.1, 0.15) is 0 Å². The number of amides is 1. The molecule has 0 spiro atoms. The first-order chi connectivity index (χ1) is 11.6. The van der Waals surface area contributed by atoms with Crippen LogP contribution in [-0.2, 0) is 4.79 Å². The molecule has 0 aromatic heterocycles. The lowest BCUT2D eigenvalue weighted by Gasteiger charge is -2.25. The summed E-state index contributed by atoms with van der Waals surface area (Å²) >= 11 is 6.36. The third kappa shape index (κ3) is 4.87. The highest BCUT2D eigenvalue weighted by Crippen LogP contribution is 2.37. The van der Waals surface area contributed by atoms with Crippen LogP contribution in [0.2, 0.25) is 0 Å². The van der Waals surface area contributed by atoms with E-state index in [-0.39, 0.29) is 11.8 Å². The van der Waals surface area contributed by atoms with Gasteiger partial charge in [-0.25, -0.2) is 0 Å². The van der Waals surface area contributed by atoms with E-state index >= 15 is 0 Å². The fourth-order valence-electron chi connectivity index (χ4n) is 3.34. The number of fused-ring (bicyclic) bond motifs is 1. The maximum atomic E-state index is 12.7. The molecule has 134 valence electrons. The first-order valence-electron chi connectivity index (χ1n) is 9.05. The van der Waals surface area contributed by atoms with Crippen LogP contribution < -0.4 is 4.42 Å². The Morgan fingerprint density at radius 1 is 1.25 bits per heavy atom. The average Bonchev–Trinajstić information content (AvgIpc) is 2.75. The summed E-state index contributed by atoms with van der Waals surface area (Å²) in [5.41, 5.74) is 2.26. The van der Waals surface area contributed by atoms with E-state index in [1.807, 2.05) is 24.1 Å². The van der Waals surface area contributed by atoms with E-state index in [0.717, 1.165) is 51.3 Å². The van der Waals surface area contributed by atoms with Crippen molar-refractivity contribution in [2.45, 2.75) is 39.0 Å². The largest absolute Gasteiger partial charge is 0.344 e. The number of nitrogens with zero attached hydrogens (tertiary/aromatic N) is 3.